The number of hydrogen-bond acceptors (Lipinski definition) is 5. The van der Waals surface area contributed by atoms with E-state index in [-0.39, 0.29) is 11.9 Å². The molecule has 2 heterocycles. The fourth-order valence-corrected chi connectivity index (χ4v) is 4.29. The molecule has 2 unspecified atom stereocenters. The predicted molar refractivity (Wildman–Crippen MR) is 120 cm³/mol. The maximum absolute atomic E-state index is 12.6. The van der Waals surface area contributed by atoms with E-state index < -0.39 is 0 Å². The zero-order valence-electron chi connectivity index (χ0n) is 17.7. The molecule has 156 valence electrons. The van der Waals surface area contributed by atoms with Crippen LogP contribution >= 0.6 is 0 Å². The van der Waals surface area contributed by atoms with E-state index in [1.165, 1.54) is 10.8 Å². The Morgan fingerprint density at radius 2 is 2.03 bits per heavy atom. The number of aromatic nitrogens is 2. The number of anilines is 1. The Balaban J connectivity index is 1.31. The molecule has 2 aromatic carbocycles. The lowest BCUT2D eigenvalue weighted by Crippen LogP contribution is -2.43. The summed E-state index contributed by atoms with van der Waals surface area (Å²) in [6.07, 6.45) is 3.94. The summed E-state index contributed by atoms with van der Waals surface area (Å²) in [4.78, 5) is 17.0. The normalized spacial score (nSPS) is 17.4. The van der Waals surface area contributed by atoms with E-state index in [0.717, 1.165) is 37.3 Å². The van der Waals surface area contributed by atoms with Gasteiger partial charge in [-0.15, -0.1) is 5.10 Å². The average molecular weight is 404 g/mol. The number of likely N-dealkylation sites (N-methyl/N-ethyl adjacent to an activating group) is 1. The third-order valence-electron chi connectivity index (χ3n) is 5.82. The van der Waals surface area contributed by atoms with E-state index in [1.54, 1.807) is 6.20 Å². The fourth-order valence-electron chi connectivity index (χ4n) is 4.29. The van der Waals surface area contributed by atoms with Crippen LogP contribution in [-0.2, 0) is 4.79 Å². The van der Waals surface area contributed by atoms with Crippen LogP contribution in [0.3, 0.4) is 0 Å². The van der Waals surface area contributed by atoms with E-state index in [9.17, 15) is 4.79 Å². The van der Waals surface area contributed by atoms with Crippen molar-refractivity contribution in [2.75, 3.05) is 31.6 Å². The van der Waals surface area contributed by atoms with Gasteiger partial charge in [0.25, 0.3) is 0 Å². The van der Waals surface area contributed by atoms with Crippen molar-refractivity contribution >= 4 is 22.5 Å². The highest BCUT2D eigenvalue weighted by Crippen LogP contribution is 2.24. The van der Waals surface area contributed by atoms with Gasteiger partial charge in [0.05, 0.1) is 12.6 Å². The molecule has 0 saturated carbocycles. The second kappa shape index (κ2) is 9.22. The lowest BCUT2D eigenvalue weighted by atomic mass is 10.0. The monoisotopic (exact) mass is 403 g/mol. The number of hydrogen-bond donors (Lipinski definition) is 1. The molecule has 0 aliphatic carbocycles. The van der Waals surface area contributed by atoms with Crippen molar-refractivity contribution in [2.45, 2.75) is 31.8 Å². The molecular formula is C24H29N5O. The minimum absolute atomic E-state index is 0.0296. The zero-order chi connectivity index (χ0) is 20.9. The van der Waals surface area contributed by atoms with Gasteiger partial charge in [0, 0.05) is 25.3 Å². The minimum Gasteiger partial charge on any atom is -0.351 e. The summed E-state index contributed by atoms with van der Waals surface area (Å²) in [7, 11) is 2.01. The first-order valence-electron chi connectivity index (χ1n) is 10.6. The van der Waals surface area contributed by atoms with Crippen molar-refractivity contribution < 1.29 is 4.79 Å². The number of rotatable bonds is 7. The van der Waals surface area contributed by atoms with Crippen molar-refractivity contribution in [2.24, 2.45) is 0 Å². The Kier molecular flexibility index (Phi) is 6.23. The summed E-state index contributed by atoms with van der Waals surface area (Å²) in [6.45, 7) is 4.23. The predicted octanol–water partition coefficient (Wildman–Crippen LogP) is 3.41. The smallest absolute Gasteiger partial charge is 0.234 e. The minimum atomic E-state index is -0.0296. The van der Waals surface area contributed by atoms with E-state index in [4.69, 9.17) is 0 Å². The highest BCUT2D eigenvalue weighted by atomic mass is 16.2. The molecule has 30 heavy (non-hydrogen) atoms. The van der Waals surface area contributed by atoms with E-state index >= 15 is 0 Å². The van der Waals surface area contributed by atoms with E-state index in [0.29, 0.717) is 12.6 Å². The van der Waals surface area contributed by atoms with Gasteiger partial charge in [-0.05, 0) is 61.3 Å². The first-order chi connectivity index (χ1) is 14.6. The number of nitrogens with one attached hydrogen (secondary N) is 1. The van der Waals surface area contributed by atoms with Crippen LogP contribution in [-0.4, -0.2) is 53.7 Å². The van der Waals surface area contributed by atoms with Crippen molar-refractivity contribution in [3.8, 4) is 0 Å². The molecule has 1 saturated heterocycles. The van der Waals surface area contributed by atoms with E-state index in [1.807, 2.05) is 38.2 Å². The maximum atomic E-state index is 12.6. The maximum Gasteiger partial charge on any atom is 0.234 e. The van der Waals surface area contributed by atoms with Gasteiger partial charge in [-0.1, -0.05) is 36.4 Å². The Morgan fingerprint density at radius 1 is 1.20 bits per heavy atom. The Hall–Kier alpha value is -2.99. The molecule has 1 N–H and O–H groups in total. The van der Waals surface area contributed by atoms with Crippen molar-refractivity contribution in [3.63, 3.8) is 0 Å². The lowest BCUT2D eigenvalue weighted by molar-refractivity contribution is -0.122. The van der Waals surface area contributed by atoms with Crippen LogP contribution in [0.2, 0.25) is 0 Å². The Morgan fingerprint density at radius 3 is 2.83 bits per heavy atom. The number of benzene rings is 2. The molecule has 1 aliphatic heterocycles. The highest BCUT2D eigenvalue weighted by molar-refractivity contribution is 5.83. The van der Waals surface area contributed by atoms with Gasteiger partial charge in [-0.2, -0.15) is 5.10 Å². The second-order valence-electron chi connectivity index (χ2n) is 8.16. The quantitative estimate of drug-likeness (QED) is 0.655. The molecule has 2 atom stereocenters. The van der Waals surface area contributed by atoms with Crippen molar-refractivity contribution in [1.82, 2.24) is 20.4 Å². The molecule has 6 heteroatoms. The standard InChI is InChI=1S/C24H29N5O/c1-18(20-12-11-19-7-3-4-8-21(19)15-20)26-24(30)17-28(2)16-22-9-6-14-29(22)23-10-5-13-25-27-23/h3-5,7-8,10-13,15,18,22H,6,9,14,16-17H2,1-2H3,(H,26,30). The molecule has 6 nitrogen and oxygen atoms in total. The molecule has 4 rings (SSSR count). The summed E-state index contributed by atoms with van der Waals surface area (Å²) in [5, 5.41) is 13.8. The van der Waals surface area contributed by atoms with Crippen molar-refractivity contribution in [3.05, 3.63) is 66.4 Å². The molecular weight excluding hydrogens is 374 g/mol. The van der Waals surface area contributed by atoms with Crippen LogP contribution in [0, 0.1) is 0 Å². The average Bonchev–Trinajstić information content (AvgIpc) is 3.21. The molecule has 0 radical (unpaired) electrons. The lowest BCUT2D eigenvalue weighted by Gasteiger charge is -2.29. The van der Waals surface area contributed by atoms with Gasteiger partial charge < -0.3 is 10.2 Å². The number of carbonyl (C=O) groups is 1. The number of fused-ring (bicyclic) bond motifs is 1. The number of carbonyl (C=O) groups excluding carboxylic acids is 1. The first-order valence-corrected chi connectivity index (χ1v) is 10.6. The number of nitrogens with zero attached hydrogens (tertiary/aromatic N) is 4. The van der Waals surface area contributed by atoms with Gasteiger partial charge in [-0.3, -0.25) is 9.69 Å². The third-order valence-corrected chi connectivity index (χ3v) is 5.82. The summed E-state index contributed by atoms with van der Waals surface area (Å²) >= 11 is 0. The summed E-state index contributed by atoms with van der Waals surface area (Å²) in [5.74, 6) is 0.963. The summed E-state index contributed by atoms with van der Waals surface area (Å²) in [5.41, 5.74) is 1.12. The van der Waals surface area contributed by atoms with Gasteiger partial charge in [0.2, 0.25) is 5.91 Å². The molecule has 1 amide bonds. The van der Waals surface area contributed by atoms with Gasteiger partial charge in [0.1, 0.15) is 0 Å². The molecule has 0 bridgehead atoms. The third kappa shape index (κ3) is 4.76. The highest BCUT2D eigenvalue weighted by Gasteiger charge is 2.27. The zero-order valence-corrected chi connectivity index (χ0v) is 17.7. The fraction of sp³-hybridized carbons (Fsp3) is 0.375. The Bertz CT molecular complexity index is 993. The summed E-state index contributed by atoms with van der Waals surface area (Å²) in [6, 6.07) is 18.9. The topological polar surface area (TPSA) is 61.4 Å². The molecule has 0 spiro atoms. The van der Waals surface area contributed by atoms with Crippen LogP contribution in [0.5, 0.6) is 0 Å². The number of amides is 1. The molecule has 1 fully saturated rings. The van der Waals surface area contributed by atoms with Crippen LogP contribution < -0.4 is 10.2 Å². The molecule has 3 aromatic rings. The van der Waals surface area contributed by atoms with Crippen LogP contribution in [0.1, 0.15) is 31.4 Å². The van der Waals surface area contributed by atoms with Crippen LogP contribution in [0.4, 0.5) is 5.82 Å². The van der Waals surface area contributed by atoms with E-state index in [2.05, 4.69) is 55.6 Å². The first kappa shape index (κ1) is 20.3. The summed E-state index contributed by atoms with van der Waals surface area (Å²) < 4.78 is 0. The largest absolute Gasteiger partial charge is 0.351 e. The Labute approximate surface area is 177 Å². The van der Waals surface area contributed by atoms with Gasteiger partial charge in [0.15, 0.2) is 5.82 Å². The molecule has 1 aromatic heterocycles. The van der Waals surface area contributed by atoms with Gasteiger partial charge in [-0.25, -0.2) is 0 Å². The van der Waals surface area contributed by atoms with Crippen molar-refractivity contribution in [1.29, 1.82) is 0 Å². The van der Waals surface area contributed by atoms with Crippen LogP contribution in [0.15, 0.2) is 60.8 Å². The van der Waals surface area contributed by atoms with Gasteiger partial charge >= 0.3 is 0 Å². The SMILES string of the molecule is CC(NC(=O)CN(C)CC1CCCN1c1cccnn1)c1ccc2ccccc2c1. The van der Waals surface area contributed by atoms with Crippen LogP contribution in [0.25, 0.3) is 10.8 Å². The second-order valence-corrected chi connectivity index (χ2v) is 8.16. The molecule has 1 aliphatic rings.